The van der Waals surface area contributed by atoms with Gasteiger partial charge in [-0.3, -0.25) is 4.79 Å². The van der Waals surface area contributed by atoms with E-state index in [2.05, 4.69) is 0 Å². The number of rotatable bonds is 4. The monoisotopic (exact) mass is 282 g/mol. The topological polar surface area (TPSA) is 44.1 Å². The smallest absolute Gasteiger partial charge is 0.258 e. The predicted molar refractivity (Wildman–Crippen MR) is 79.7 cm³/mol. The lowest BCUT2D eigenvalue weighted by atomic mass is 10.1. The van der Waals surface area contributed by atoms with Crippen molar-refractivity contribution in [2.24, 2.45) is 0 Å². The van der Waals surface area contributed by atoms with Crippen molar-refractivity contribution < 1.29 is 9.18 Å². The Hall–Kier alpha value is -2.67. The van der Waals surface area contributed by atoms with E-state index in [-0.39, 0.29) is 12.5 Å². The standard InChI is InChI=1S/C17H15FN2O/c1-17(18,12-19)13-20(15-10-6-3-7-11-15)16(21)14-8-4-2-5-9-14/h2-11H,13H2,1H3/t17-/m0/s1. The summed E-state index contributed by atoms with van der Waals surface area (Å²) in [6.45, 7) is 0.850. The first-order valence-corrected chi connectivity index (χ1v) is 6.56. The van der Waals surface area contributed by atoms with Crippen molar-refractivity contribution in [2.75, 3.05) is 11.4 Å². The second-order valence-electron chi connectivity index (χ2n) is 4.90. The van der Waals surface area contributed by atoms with Crippen LogP contribution in [0.5, 0.6) is 0 Å². The maximum absolute atomic E-state index is 14.1. The molecule has 0 radical (unpaired) electrons. The number of alkyl halides is 1. The normalized spacial score (nSPS) is 13.0. The van der Waals surface area contributed by atoms with Crippen molar-refractivity contribution in [2.45, 2.75) is 12.6 Å². The number of amides is 1. The molecule has 0 aliphatic carbocycles. The first-order chi connectivity index (χ1) is 10.0. The first kappa shape index (κ1) is 14.7. The molecule has 106 valence electrons. The Morgan fingerprint density at radius 1 is 1.14 bits per heavy atom. The number of para-hydroxylation sites is 1. The third kappa shape index (κ3) is 3.67. The summed E-state index contributed by atoms with van der Waals surface area (Å²) >= 11 is 0. The molecule has 3 nitrogen and oxygen atoms in total. The van der Waals surface area contributed by atoms with Gasteiger partial charge in [-0.2, -0.15) is 5.26 Å². The minimum Gasteiger partial charge on any atom is -0.304 e. The van der Waals surface area contributed by atoms with Gasteiger partial charge in [-0.25, -0.2) is 4.39 Å². The quantitative estimate of drug-likeness (QED) is 0.860. The highest BCUT2D eigenvalue weighted by molar-refractivity contribution is 6.06. The lowest BCUT2D eigenvalue weighted by Gasteiger charge is -2.26. The molecule has 2 aromatic carbocycles. The maximum atomic E-state index is 14.1. The molecule has 0 aromatic heterocycles. The van der Waals surface area contributed by atoms with Crippen LogP contribution in [0.1, 0.15) is 17.3 Å². The van der Waals surface area contributed by atoms with E-state index in [9.17, 15) is 9.18 Å². The molecule has 0 unspecified atom stereocenters. The van der Waals surface area contributed by atoms with E-state index in [4.69, 9.17) is 5.26 Å². The van der Waals surface area contributed by atoms with E-state index in [1.54, 1.807) is 60.7 Å². The summed E-state index contributed by atoms with van der Waals surface area (Å²) < 4.78 is 14.1. The molecular weight excluding hydrogens is 267 g/mol. The summed E-state index contributed by atoms with van der Waals surface area (Å²) in [5.74, 6) is -0.332. The van der Waals surface area contributed by atoms with Gasteiger partial charge in [0.1, 0.15) is 6.07 Å². The average molecular weight is 282 g/mol. The van der Waals surface area contributed by atoms with Crippen LogP contribution in [0.4, 0.5) is 10.1 Å². The van der Waals surface area contributed by atoms with Crippen LogP contribution < -0.4 is 4.90 Å². The van der Waals surface area contributed by atoms with Gasteiger partial charge in [-0.05, 0) is 31.2 Å². The van der Waals surface area contributed by atoms with E-state index >= 15 is 0 Å². The van der Waals surface area contributed by atoms with E-state index < -0.39 is 5.67 Å². The molecule has 0 saturated heterocycles. The SMILES string of the molecule is C[C@](F)(C#N)CN(C(=O)c1ccccc1)c1ccccc1. The molecule has 0 fully saturated rings. The Kier molecular flexibility index (Phi) is 4.34. The van der Waals surface area contributed by atoms with Crippen LogP contribution in [0.25, 0.3) is 0 Å². The van der Waals surface area contributed by atoms with Crippen LogP contribution in [0.2, 0.25) is 0 Å². The van der Waals surface area contributed by atoms with Crippen molar-refractivity contribution in [3.63, 3.8) is 0 Å². The summed E-state index contributed by atoms with van der Waals surface area (Å²) in [6.07, 6.45) is 0. The molecule has 2 aromatic rings. The van der Waals surface area contributed by atoms with Gasteiger partial charge in [0.2, 0.25) is 5.67 Å². The average Bonchev–Trinajstić information content (AvgIpc) is 2.54. The lowest BCUT2D eigenvalue weighted by molar-refractivity contribution is 0.0973. The molecule has 0 bridgehead atoms. The molecule has 2 rings (SSSR count). The molecule has 4 heteroatoms. The number of carbonyl (C=O) groups excluding carboxylic acids is 1. The van der Waals surface area contributed by atoms with Gasteiger partial charge < -0.3 is 4.90 Å². The number of hydrogen-bond acceptors (Lipinski definition) is 2. The Morgan fingerprint density at radius 3 is 2.19 bits per heavy atom. The highest BCUT2D eigenvalue weighted by Gasteiger charge is 2.30. The summed E-state index contributed by atoms with van der Waals surface area (Å²) in [7, 11) is 0. The largest absolute Gasteiger partial charge is 0.304 e. The number of halogens is 1. The van der Waals surface area contributed by atoms with Crippen LogP contribution in [0.3, 0.4) is 0 Å². The Bertz CT molecular complexity index is 647. The minimum absolute atomic E-state index is 0.318. The van der Waals surface area contributed by atoms with Gasteiger partial charge in [0.05, 0.1) is 6.54 Å². The second kappa shape index (κ2) is 6.19. The van der Waals surface area contributed by atoms with Crippen molar-refractivity contribution >= 4 is 11.6 Å². The molecule has 0 aliphatic rings. The zero-order chi connectivity index (χ0) is 15.3. The number of anilines is 1. The molecular formula is C17H15FN2O. The first-order valence-electron chi connectivity index (χ1n) is 6.56. The van der Waals surface area contributed by atoms with Crippen molar-refractivity contribution in [1.29, 1.82) is 5.26 Å². The molecule has 1 atom stereocenters. The maximum Gasteiger partial charge on any atom is 0.258 e. The van der Waals surface area contributed by atoms with Gasteiger partial charge in [0.15, 0.2) is 0 Å². The van der Waals surface area contributed by atoms with Crippen molar-refractivity contribution in [3.05, 3.63) is 66.2 Å². The van der Waals surface area contributed by atoms with Gasteiger partial charge >= 0.3 is 0 Å². The number of benzene rings is 2. The molecule has 0 N–H and O–H groups in total. The van der Waals surface area contributed by atoms with E-state index in [1.807, 2.05) is 6.07 Å². The number of nitrogens with zero attached hydrogens (tertiary/aromatic N) is 2. The van der Waals surface area contributed by atoms with E-state index in [0.29, 0.717) is 11.3 Å². The van der Waals surface area contributed by atoms with Crippen molar-refractivity contribution in [1.82, 2.24) is 0 Å². The molecule has 0 aliphatic heterocycles. The molecule has 1 amide bonds. The molecule has 0 heterocycles. The number of carbonyl (C=O) groups is 1. The second-order valence-corrected chi connectivity index (χ2v) is 4.90. The van der Waals surface area contributed by atoms with Gasteiger partial charge in [0.25, 0.3) is 5.91 Å². The summed E-state index contributed by atoms with van der Waals surface area (Å²) in [4.78, 5) is 13.9. The molecule has 0 spiro atoms. The fourth-order valence-electron chi connectivity index (χ4n) is 1.96. The zero-order valence-electron chi connectivity index (χ0n) is 11.7. The fraction of sp³-hybridized carbons (Fsp3) is 0.176. The van der Waals surface area contributed by atoms with Crippen LogP contribution in [0, 0.1) is 11.3 Å². The van der Waals surface area contributed by atoms with Gasteiger partial charge in [-0.1, -0.05) is 36.4 Å². The lowest BCUT2D eigenvalue weighted by Crippen LogP contribution is -2.41. The fourth-order valence-corrected chi connectivity index (χ4v) is 1.96. The summed E-state index contributed by atoms with van der Waals surface area (Å²) in [5, 5.41) is 8.88. The number of hydrogen-bond donors (Lipinski definition) is 0. The molecule has 21 heavy (non-hydrogen) atoms. The van der Waals surface area contributed by atoms with Crippen LogP contribution >= 0.6 is 0 Å². The highest BCUT2D eigenvalue weighted by Crippen LogP contribution is 2.21. The van der Waals surface area contributed by atoms with E-state index in [1.165, 1.54) is 11.8 Å². The molecule has 0 saturated carbocycles. The highest BCUT2D eigenvalue weighted by atomic mass is 19.1. The van der Waals surface area contributed by atoms with Crippen molar-refractivity contribution in [3.8, 4) is 6.07 Å². The Balaban J connectivity index is 2.38. The summed E-state index contributed by atoms with van der Waals surface area (Å²) in [6, 6.07) is 19.0. The minimum atomic E-state index is -2.11. The van der Waals surface area contributed by atoms with E-state index in [0.717, 1.165) is 0 Å². The Labute approximate surface area is 123 Å². The predicted octanol–water partition coefficient (Wildman–Crippen LogP) is 3.59. The van der Waals surface area contributed by atoms with Crippen LogP contribution in [-0.4, -0.2) is 18.1 Å². The van der Waals surface area contributed by atoms with Crippen LogP contribution in [-0.2, 0) is 0 Å². The van der Waals surface area contributed by atoms with Crippen LogP contribution in [0.15, 0.2) is 60.7 Å². The Morgan fingerprint density at radius 2 is 1.67 bits per heavy atom. The third-order valence-electron chi connectivity index (χ3n) is 3.02. The summed E-state index contributed by atoms with van der Waals surface area (Å²) in [5.41, 5.74) is -1.10. The zero-order valence-corrected chi connectivity index (χ0v) is 11.7. The van der Waals surface area contributed by atoms with Gasteiger partial charge in [0, 0.05) is 11.3 Å². The van der Waals surface area contributed by atoms with Gasteiger partial charge in [-0.15, -0.1) is 0 Å². The third-order valence-corrected chi connectivity index (χ3v) is 3.02. The number of nitriles is 1.